The number of hydrogen-bond donors (Lipinski definition) is 5. The van der Waals surface area contributed by atoms with E-state index in [1.165, 1.54) is 145 Å². The van der Waals surface area contributed by atoms with Gasteiger partial charge in [0, 0.05) is 38.5 Å². The van der Waals surface area contributed by atoms with Gasteiger partial charge in [-0.2, -0.15) is 24.4 Å². The molecule has 4 rings (SSSR count). The molecule has 340 valence electrons. The summed E-state index contributed by atoms with van der Waals surface area (Å²) >= 11 is 8.09. The maximum Gasteiger partial charge on any atom is 0.240 e. The number of nitrogens with two attached hydrogens (primary N) is 2. The SMILES string of the molecule is C1CCCCCCCCC1.C1CCCCCCCCC1.CC[C@H](C(N)=O)N1CC(CNC(=O)CSC)CC1=O.CC[C@H](C(N)=O)N1CCC(CNC(=O)CBr)C1.CS. The molecule has 0 spiro atoms. The van der Waals surface area contributed by atoms with Crippen LogP contribution >= 0.6 is 40.3 Å². The van der Waals surface area contributed by atoms with E-state index in [4.69, 9.17) is 11.5 Å². The van der Waals surface area contributed by atoms with Crippen LogP contribution in [0.2, 0.25) is 0 Å². The predicted molar refractivity (Wildman–Crippen MR) is 251 cm³/mol. The Balaban J connectivity index is 0.000000762. The van der Waals surface area contributed by atoms with Gasteiger partial charge >= 0.3 is 0 Å². The maximum absolute atomic E-state index is 11.9. The highest BCUT2D eigenvalue weighted by atomic mass is 79.9. The third-order valence-corrected chi connectivity index (χ3v) is 12.4. The van der Waals surface area contributed by atoms with Crippen LogP contribution in [0.15, 0.2) is 0 Å². The third kappa shape index (κ3) is 28.1. The molecule has 4 atom stereocenters. The van der Waals surface area contributed by atoms with E-state index in [1.807, 2.05) is 20.1 Å². The van der Waals surface area contributed by atoms with E-state index in [9.17, 15) is 24.0 Å². The molecule has 4 aliphatic rings. The average Bonchev–Trinajstić information content (AvgIpc) is 3.85. The van der Waals surface area contributed by atoms with Crippen LogP contribution in [0.4, 0.5) is 0 Å². The minimum Gasteiger partial charge on any atom is -0.368 e. The van der Waals surface area contributed by atoms with Crippen LogP contribution < -0.4 is 22.1 Å². The van der Waals surface area contributed by atoms with E-state index in [0.717, 1.165) is 25.9 Å². The zero-order valence-electron chi connectivity index (χ0n) is 37.1. The van der Waals surface area contributed by atoms with Crippen LogP contribution in [-0.4, -0.2) is 108 Å². The summed E-state index contributed by atoms with van der Waals surface area (Å²) in [7, 11) is 0. The first-order chi connectivity index (χ1) is 28.1. The Kier molecular flexibility index (Phi) is 37.4. The summed E-state index contributed by atoms with van der Waals surface area (Å²) < 4.78 is 0. The van der Waals surface area contributed by atoms with Crippen molar-refractivity contribution in [3.63, 3.8) is 0 Å². The molecule has 14 heteroatoms. The van der Waals surface area contributed by atoms with Gasteiger partial charge in [0.15, 0.2) is 0 Å². The zero-order valence-corrected chi connectivity index (χ0v) is 40.4. The van der Waals surface area contributed by atoms with Gasteiger partial charge in [-0.25, -0.2) is 0 Å². The van der Waals surface area contributed by atoms with Crippen molar-refractivity contribution in [2.75, 3.05) is 56.3 Å². The Morgan fingerprint density at radius 1 is 0.672 bits per heavy atom. The normalized spacial score (nSPS) is 21.6. The van der Waals surface area contributed by atoms with Crippen molar-refractivity contribution in [1.82, 2.24) is 20.4 Å². The standard InChI is InChI=1S/C12H21N3O3S.C11H20BrN3O2.2C10H20.CH4S/c1-3-9(12(13)18)15-6-8(4-11(15)17)5-14-10(16)7-19-2;1-2-9(11(13)17)15-4-3-8(7-15)6-14-10(16)5-12;2*1-2-4-6-8-10-9-7-5-3-1;1-2/h8-9H,3-7H2,1-2H3,(H2,13,18)(H,14,16);8-9H,2-7H2,1H3,(H2,13,17)(H,14,16);2*1-10H2;2H,1H3/t2*8?,9-;;;/m11.../s1. The number of carbonyl (C=O) groups excluding carboxylic acids is 5. The number of nitrogens with zero attached hydrogens (tertiary/aromatic N) is 2. The molecule has 11 nitrogen and oxygen atoms in total. The van der Waals surface area contributed by atoms with Gasteiger partial charge in [-0.15, -0.1) is 0 Å². The summed E-state index contributed by atoms with van der Waals surface area (Å²) in [6, 6.07) is -0.689. The van der Waals surface area contributed by atoms with Crippen molar-refractivity contribution in [3.8, 4) is 0 Å². The molecular weight excluding hydrogens is 837 g/mol. The molecule has 5 amide bonds. The Hall–Kier alpha value is -1.51. The monoisotopic (exact) mass is 921 g/mol. The summed E-state index contributed by atoms with van der Waals surface area (Å²) in [5, 5.41) is 5.99. The maximum atomic E-state index is 11.9. The van der Waals surface area contributed by atoms with E-state index in [2.05, 4.69) is 44.1 Å². The van der Waals surface area contributed by atoms with Crippen molar-refractivity contribution in [2.45, 2.75) is 180 Å². The molecule has 2 unspecified atom stereocenters. The number of halogens is 1. The molecule has 2 aliphatic heterocycles. The lowest BCUT2D eigenvalue weighted by Crippen LogP contribution is -2.45. The number of rotatable bonds is 13. The Labute approximate surface area is 372 Å². The highest BCUT2D eigenvalue weighted by Crippen LogP contribution is 2.22. The highest BCUT2D eigenvalue weighted by Gasteiger charge is 2.36. The van der Waals surface area contributed by atoms with E-state index in [0.29, 0.717) is 49.5 Å². The number of primary amides is 2. The van der Waals surface area contributed by atoms with Crippen molar-refractivity contribution >= 4 is 69.9 Å². The minimum atomic E-state index is -0.528. The molecule has 2 aliphatic carbocycles. The minimum absolute atomic E-state index is 0.00499. The quantitative estimate of drug-likeness (QED) is 0.0922. The Morgan fingerprint density at radius 3 is 1.40 bits per heavy atom. The molecule has 2 heterocycles. The molecule has 0 aromatic rings. The number of nitrogens with one attached hydrogen (secondary N) is 2. The highest BCUT2D eigenvalue weighted by molar-refractivity contribution is 9.09. The largest absolute Gasteiger partial charge is 0.368 e. The second-order valence-corrected chi connectivity index (χ2v) is 17.6. The molecule has 0 bridgehead atoms. The van der Waals surface area contributed by atoms with E-state index in [-0.39, 0.29) is 35.6 Å². The molecule has 4 fully saturated rings. The average molecular weight is 922 g/mol. The van der Waals surface area contributed by atoms with E-state index >= 15 is 0 Å². The van der Waals surface area contributed by atoms with Gasteiger partial charge in [-0.05, 0) is 44.2 Å². The number of thioether (sulfide) groups is 1. The van der Waals surface area contributed by atoms with E-state index < -0.39 is 11.9 Å². The molecule has 2 saturated carbocycles. The van der Waals surface area contributed by atoms with Crippen LogP contribution in [0.25, 0.3) is 0 Å². The van der Waals surface area contributed by atoms with Crippen LogP contribution in [0.3, 0.4) is 0 Å². The van der Waals surface area contributed by atoms with Crippen LogP contribution in [0.1, 0.15) is 168 Å². The summed E-state index contributed by atoms with van der Waals surface area (Å²) in [6.07, 6.45) is 36.2. The number of hydrogen-bond acceptors (Lipinski definition) is 8. The van der Waals surface area contributed by atoms with Crippen molar-refractivity contribution in [1.29, 1.82) is 0 Å². The van der Waals surface area contributed by atoms with Gasteiger partial charge in [-0.1, -0.05) is 158 Å². The lowest BCUT2D eigenvalue weighted by molar-refractivity contribution is -0.136. The summed E-state index contributed by atoms with van der Waals surface area (Å²) in [5.74, 6) is 0.0997. The molecular formula is C44H85BrN6O5S2. The summed E-state index contributed by atoms with van der Waals surface area (Å²) in [5.41, 5.74) is 10.7. The van der Waals surface area contributed by atoms with Crippen molar-refractivity contribution in [2.24, 2.45) is 23.3 Å². The fourth-order valence-corrected chi connectivity index (χ4v) is 8.62. The van der Waals surface area contributed by atoms with Crippen molar-refractivity contribution < 1.29 is 24.0 Å². The first-order valence-corrected chi connectivity index (χ1v) is 26.1. The summed E-state index contributed by atoms with van der Waals surface area (Å²) in [4.78, 5) is 60.5. The van der Waals surface area contributed by atoms with Gasteiger partial charge in [-0.3, -0.25) is 28.9 Å². The zero-order chi connectivity index (χ0) is 43.4. The number of thiol groups is 1. The van der Waals surface area contributed by atoms with Gasteiger partial charge < -0.3 is 27.0 Å². The van der Waals surface area contributed by atoms with Crippen LogP contribution in [0.5, 0.6) is 0 Å². The molecule has 0 aromatic carbocycles. The number of amides is 5. The molecule has 58 heavy (non-hydrogen) atoms. The fraction of sp³-hybridized carbons (Fsp3) is 0.886. The molecule has 6 N–H and O–H groups in total. The Bertz CT molecular complexity index is 1010. The van der Waals surface area contributed by atoms with Gasteiger partial charge in [0.25, 0.3) is 0 Å². The van der Waals surface area contributed by atoms with Crippen LogP contribution in [0, 0.1) is 11.8 Å². The van der Waals surface area contributed by atoms with E-state index in [1.54, 1.807) is 6.26 Å². The van der Waals surface area contributed by atoms with Gasteiger partial charge in [0.1, 0.15) is 6.04 Å². The lowest BCUT2D eigenvalue weighted by Gasteiger charge is -2.24. The number of carbonyl (C=O) groups is 5. The van der Waals surface area contributed by atoms with Gasteiger partial charge in [0.05, 0.1) is 17.1 Å². The summed E-state index contributed by atoms with van der Waals surface area (Å²) in [6.45, 7) is 7.15. The first kappa shape index (κ1) is 56.5. The molecule has 2 saturated heterocycles. The predicted octanol–water partition coefficient (Wildman–Crippen LogP) is 8.01. The fourth-order valence-electron chi connectivity index (χ4n) is 8.05. The second kappa shape index (κ2) is 38.4. The number of alkyl halides is 1. The number of likely N-dealkylation sites (tertiary alicyclic amines) is 2. The molecule has 0 aromatic heterocycles. The molecule has 0 radical (unpaired) electrons. The Morgan fingerprint density at radius 2 is 1.05 bits per heavy atom. The smallest absolute Gasteiger partial charge is 0.240 e. The first-order valence-electron chi connectivity index (χ1n) is 22.7. The van der Waals surface area contributed by atoms with Gasteiger partial charge in [0.2, 0.25) is 29.5 Å². The van der Waals surface area contributed by atoms with Crippen molar-refractivity contribution in [3.05, 3.63) is 0 Å². The third-order valence-electron chi connectivity index (χ3n) is 11.4. The van der Waals surface area contributed by atoms with Crippen LogP contribution in [-0.2, 0) is 24.0 Å². The topological polar surface area (TPSA) is 168 Å². The lowest BCUT2D eigenvalue weighted by atomic mass is 10.0. The second-order valence-electron chi connectivity index (χ2n) is 16.2.